The molecule has 1 aliphatic heterocycles. The second-order valence-corrected chi connectivity index (χ2v) is 5.92. The highest BCUT2D eigenvalue weighted by molar-refractivity contribution is 5.41. The fourth-order valence-electron chi connectivity index (χ4n) is 3.60. The van der Waals surface area contributed by atoms with Crippen LogP contribution in [-0.4, -0.2) is 18.1 Å². The number of rotatable bonds is 2. The van der Waals surface area contributed by atoms with Crippen LogP contribution in [0, 0.1) is 5.41 Å². The molecule has 18 heavy (non-hydrogen) atoms. The summed E-state index contributed by atoms with van der Waals surface area (Å²) in [6, 6.07) is 4.15. The molecule has 0 unspecified atom stereocenters. The lowest BCUT2D eigenvalue weighted by molar-refractivity contribution is 0.226. The average Bonchev–Trinajstić information content (AvgIpc) is 2.88. The number of aromatic nitrogens is 1. The minimum atomic E-state index is 0.604. The van der Waals surface area contributed by atoms with Crippen LogP contribution in [0.25, 0.3) is 0 Å². The van der Waals surface area contributed by atoms with E-state index < -0.39 is 0 Å². The van der Waals surface area contributed by atoms with Crippen molar-refractivity contribution in [2.45, 2.75) is 45.1 Å². The minimum Gasteiger partial charge on any atom is -0.357 e. The summed E-state index contributed by atoms with van der Waals surface area (Å²) in [4.78, 5) is 6.93. The fraction of sp³-hybridized carbons (Fsp3) is 0.667. The maximum absolute atomic E-state index is 5.70. The molecule has 1 aromatic rings. The summed E-state index contributed by atoms with van der Waals surface area (Å²) >= 11 is 0. The van der Waals surface area contributed by atoms with Gasteiger partial charge >= 0.3 is 0 Å². The molecule has 1 aromatic heterocycles. The molecule has 2 heterocycles. The van der Waals surface area contributed by atoms with Crippen LogP contribution in [0.1, 0.15) is 44.1 Å². The SMILES string of the molecule is NCc1ccnc(N2CCC3(CCCC3)CC2)c1. The standard InChI is InChI=1S/C15H23N3/c16-12-13-3-8-17-14(11-13)18-9-6-15(7-10-18)4-1-2-5-15/h3,8,11H,1-2,4-7,9-10,12,16H2. The van der Waals surface area contributed by atoms with Crippen molar-refractivity contribution in [3.05, 3.63) is 23.9 Å². The molecule has 0 atom stereocenters. The molecule has 1 spiro atoms. The molecule has 0 amide bonds. The molecule has 1 saturated carbocycles. The highest BCUT2D eigenvalue weighted by atomic mass is 15.2. The maximum Gasteiger partial charge on any atom is 0.128 e. The van der Waals surface area contributed by atoms with E-state index in [0.717, 1.165) is 5.82 Å². The minimum absolute atomic E-state index is 0.604. The van der Waals surface area contributed by atoms with Gasteiger partial charge in [0, 0.05) is 25.8 Å². The van der Waals surface area contributed by atoms with Gasteiger partial charge in [-0.25, -0.2) is 4.98 Å². The molecule has 2 fully saturated rings. The molecule has 2 N–H and O–H groups in total. The van der Waals surface area contributed by atoms with Crippen molar-refractivity contribution in [3.8, 4) is 0 Å². The van der Waals surface area contributed by atoms with E-state index in [1.54, 1.807) is 0 Å². The van der Waals surface area contributed by atoms with Gasteiger partial charge in [0.05, 0.1) is 0 Å². The van der Waals surface area contributed by atoms with Gasteiger partial charge in [-0.3, -0.25) is 0 Å². The van der Waals surface area contributed by atoms with Crippen molar-refractivity contribution in [1.82, 2.24) is 4.98 Å². The number of hydrogen-bond donors (Lipinski definition) is 1. The zero-order chi connectivity index (χ0) is 12.4. The first kappa shape index (κ1) is 12.0. The van der Waals surface area contributed by atoms with Gasteiger partial charge in [-0.05, 0) is 48.8 Å². The third-order valence-corrected chi connectivity index (χ3v) is 4.86. The Labute approximate surface area is 109 Å². The van der Waals surface area contributed by atoms with E-state index in [-0.39, 0.29) is 0 Å². The second kappa shape index (κ2) is 4.88. The van der Waals surface area contributed by atoms with Gasteiger partial charge in [-0.2, -0.15) is 0 Å². The smallest absolute Gasteiger partial charge is 0.128 e. The van der Waals surface area contributed by atoms with Crippen molar-refractivity contribution in [2.24, 2.45) is 11.1 Å². The van der Waals surface area contributed by atoms with Gasteiger partial charge in [0.1, 0.15) is 5.82 Å². The number of piperidine rings is 1. The molecule has 3 nitrogen and oxygen atoms in total. The summed E-state index contributed by atoms with van der Waals surface area (Å²) < 4.78 is 0. The van der Waals surface area contributed by atoms with Gasteiger partial charge < -0.3 is 10.6 Å². The topological polar surface area (TPSA) is 42.1 Å². The quantitative estimate of drug-likeness (QED) is 0.871. The number of hydrogen-bond acceptors (Lipinski definition) is 3. The largest absolute Gasteiger partial charge is 0.357 e. The predicted molar refractivity (Wildman–Crippen MR) is 74.5 cm³/mol. The summed E-state index contributed by atoms with van der Waals surface area (Å²) in [5, 5.41) is 0. The van der Waals surface area contributed by atoms with E-state index in [4.69, 9.17) is 5.73 Å². The Bertz CT molecular complexity index is 400. The van der Waals surface area contributed by atoms with Crippen LogP contribution in [0.5, 0.6) is 0 Å². The van der Waals surface area contributed by atoms with Gasteiger partial charge in [0.2, 0.25) is 0 Å². The number of nitrogens with zero attached hydrogens (tertiary/aromatic N) is 2. The van der Waals surface area contributed by atoms with E-state index in [0.29, 0.717) is 12.0 Å². The Balaban J connectivity index is 1.68. The first-order valence-corrected chi connectivity index (χ1v) is 7.21. The molecular weight excluding hydrogens is 222 g/mol. The van der Waals surface area contributed by atoms with E-state index in [1.165, 1.54) is 57.2 Å². The molecule has 3 heteroatoms. The van der Waals surface area contributed by atoms with Crippen molar-refractivity contribution in [1.29, 1.82) is 0 Å². The van der Waals surface area contributed by atoms with Gasteiger partial charge in [-0.1, -0.05) is 12.8 Å². The summed E-state index contributed by atoms with van der Waals surface area (Å²) in [5.74, 6) is 1.12. The summed E-state index contributed by atoms with van der Waals surface area (Å²) in [5.41, 5.74) is 7.56. The van der Waals surface area contributed by atoms with Crippen molar-refractivity contribution in [3.63, 3.8) is 0 Å². The van der Waals surface area contributed by atoms with E-state index in [1.807, 2.05) is 12.3 Å². The Hall–Kier alpha value is -1.09. The lowest BCUT2D eigenvalue weighted by atomic mass is 9.77. The molecule has 98 valence electrons. The van der Waals surface area contributed by atoms with E-state index >= 15 is 0 Å². The molecule has 2 aliphatic rings. The molecular formula is C15H23N3. The van der Waals surface area contributed by atoms with Crippen LogP contribution < -0.4 is 10.6 Å². The number of nitrogens with two attached hydrogens (primary N) is 1. The van der Waals surface area contributed by atoms with Crippen LogP contribution in [0.4, 0.5) is 5.82 Å². The molecule has 0 radical (unpaired) electrons. The van der Waals surface area contributed by atoms with Crippen LogP contribution in [0.15, 0.2) is 18.3 Å². The highest BCUT2D eigenvalue weighted by Gasteiger charge is 2.37. The average molecular weight is 245 g/mol. The van der Waals surface area contributed by atoms with Gasteiger partial charge in [0.15, 0.2) is 0 Å². The second-order valence-electron chi connectivity index (χ2n) is 5.92. The van der Waals surface area contributed by atoms with Crippen LogP contribution in [0.2, 0.25) is 0 Å². The van der Waals surface area contributed by atoms with Crippen LogP contribution in [-0.2, 0) is 6.54 Å². The summed E-state index contributed by atoms with van der Waals surface area (Å²) in [7, 11) is 0. The molecule has 1 saturated heterocycles. The fourth-order valence-corrected chi connectivity index (χ4v) is 3.60. The Morgan fingerprint density at radius 2 is 1.89 bits per heavy atom. The number of anilines is 1. The van der Waals surface area contributed by atoms with E-state index in [9.17, 15) is 0 Å². The number of pyridine rings is 1. The monoisotopic (exact) mass is 245 g/mol. The van der Waals surface area contributed by atoms with Crippen LogP contribution >= 0.6 is 0 Å². The predicted octanol–water partition coefficient (Wildman–Crippen LogP) is 2.70. The van der Waals surface area contributed by atoms with Crippen LogP contribution in [0.3, 0.4) is 0 Å². The first-order chi connectivity index (χ1) is 8.81. The third-order valence-electron chi connectivity index (χ3n) is 4.86. The summed E-state index contributed by atoms with van der Waals surface area (Å²) in [6.07, 6.45) is 10.4. The van der Waals surface area contributed by atoms with Crippen molar-refractivity contribution in [2.75, 3.05) is 18.0 Å². The third kappa shape index (κ3) is 2.24. The Morgan fingerprint density at radius 3 is 2.56 bits per heavy atom. The lowest BCUT2D eigenvalue weighted by Crippen LogP contribution is -2.39. The maximum atomic E-state index is 5.70. The molecule has 0 aromatic carbocycles. The van der Waals surface area contributed by atoms with Gasteiger partial charge in [-0.15, -0.1) is 0 Å². The Morgan fingerprint density at radius 1 is 1.17 bits per heavy atom. The van der Waals surface area contributed by atoms with E-state index in [2.05, 4.69) is 16.0 Å². The normalized spacial score (nSPS) is 22.6. The Kier molecular flexibility index (Phi) is 3.25. The van der Waals surface area contributed by atoms with Crippen molar-refractivity contribution >= 4 is 5.82 Å². The molecule has 3 rings (SSSR count). The highest BCUT2D eigenvalue weighted by Crippen LogP contribution is 2.46. The summed E-state index contributed by atoms with van der Waals surface area (Å²) in [6.45, 7) is 2.94. The van der Waals surface area contributed by atoms with Gasteiger partial charge in [0.25, 0.3) is 0 Å². The zero-order valence-electron chi connectivity index (χ0n) is 11.1. The zero-order valence-corrected chi connectivity index (χ0v) is 11.1. The molecule has 1 aliphatic carbocycles. The first-order valence-electron chi connectivity index (χ1n) is 7.21. The van der Waals surface area contributed by atoms with Crippen molar-refractivity contribution < 1.29 is 0 Å². The lowest BCUT2D eigenvalue weighted by Gasteiger charge is -2.40. The molecule has 0 bridgehead atoms.